The van der Waals surface area contributed by atoms with Gasteiger partial charge in [0, 0.05) is 12.5 Å². The van der Waals surface area contributed by atoms with Gasteiger partial charge < -0.3 is 10.1 Å². The molecule has 160 valence electrons. The maximum atomic E-state index is 13.0. The zero-order valence-corrected chi connectivity index (χ0v) is 17.2. The Bertz CT molecular complexity index is 852. The van der Waals surface area contributed by atoms with Gasteiger partial charge in [0.15, 0.2) is 6.61 Å². The summed E-state index contributed by atoms with van der Waals surface area (Å²) in [4.78, 5) is 48.9. The van der Waals surface area contributed by atoms with Crippen molar-refractivity contribution in [3.8, 4) is 0 Å². The molecule has 30 heavy (non-hydrogen) atoms. The van der Waals surface area contributed by atoms with E-state index in [0.717, 1.165) is 37.7 Å². The maximum absolute atomic E-state index is 13.0. The summed E-state index contributed by atoms with van der Waals surface area (Å²) in [5.74, 6) is -0.708. The molecule has 0 aliphatic heterocycles. The molecule has 1 aromatic rings. The monoisotopic (exact) mass is 412 g/mol. The first kappa shape index (κ1) is 20.6. The Kier molecular flexibility index (Phi) is 5.38. The van der Waals surface area contributed by atoms with Gasteiger partial charge in [-0.15, -0.1) is 0 Å². The molecule has 4 bridgehead atoms. The van der Waals surface area contributed by atoms with E-state index in [0.29, 0.717) is 18.3 Å². The Balaban J connectivity index is 1.33. The van der Waals surface area contributed by atoms with Gasteiger partial charge in [-0.05, 0) is 55.9 Å². The van der Waals surface area contributed by atoms with E-state index in [1.165, 1.54) is 6.92 Å². The van der Waals surface area contributed by atoms with Crippen molar-refractivity contribution in [3.05, 3.63) is 35.9 Å². The molecule has 0 unspecified atom stereocenters. The number of nitrogens with one attached hydrogen (secondary N) is 2. The van der Waals surface area contributed by atoms with Crippen LogP contribution in [0.4, 0.5) is 0 Å². The van der Waals surface area contributed by atoms with Crippen molar-refractivity contribution in [2.75, 3.05) is 6.61 Å². The second-order valence-electron chi connectivity index (χ2n) is 9.41. The van der Waals surface area contributed by atoms with Crippen LogP contribution in [0.2, 0.25) is 0 Å². The van der Waals surface area contributed by atoms with Crippen LogP contribution in [-0.4, -0.2) is 35.8 Å². The van der Waals surface area contributed by atoms with E-state index in [1.807, 2.05) is 30.3 Å². The Hall–Kier alpha value is -2.70. The number of hydrogen-bond donors (Lipinski definition) is 2. The SMILES string of the molecule is CC(=O)NC12C[C@H]3C[C@H](C1)CC(C(=O)OCC(=O)NC(=O)Cc1ccccc1)(C3)C2. The highest BCUT2D eigenvalue weighted by Gasteiger charge is 2.61. The molecule has 2 atom stereocenters. The number of hydrogen-bond acceptors (Lipinski definition) is 5. The highest BCUT2D eigenvalue weighted by atomic mass is 16.5. The molecule has 4 aliphatic carbocycles. The van der Waals surface area contributed by atoms with E-state index in [1.54, 1.807) is 0 Å². The number of imide groups is 1. The summed E-state index contributed by atoms with van der Waals surface area (Å²) in [6, 6.07) is 9.12. The van der Waals surface area contributed by atoms with E-state index in [-0.39, 0.29) is 23.8 Å². The van der Waals surface area contributed by atoms with Gasteiger partial charge in [0.05, 0.1) is 11.8 Å². The standard InChI is InChI=1S/C23H28N2O5/c1-15(26)25-23-11-17-7-18(12-23)10-22(9-17,14-23)21(29)30-13-20(28)24-19(27)8-16-5-3-2-4-6-16/h2-6,17-18H,7-14H2,1H3,(H,25,26)(H,24,27,28)/t17-,18-,22?,23?/m0/s1. The van der Waals surface area contributed by atoms with Crippen LogP contribution in [0.15, 0.2) is 30.3 Å². The molecular weight excluding hydrogens is 384 g/mol. The number of rotatable bonds is 6. The molecule has 0 saturated heterocycles. The molecular formula is C23H28N2O5. The van der Waals surface area contributed by atoms with Crippen molar-refractivity contribution in [3.63, 3.8) is 0 Å². The molecule has 5 rings (SSSR count). The van der Waals surface area contributed by atoms with Gasteiger partial charge in [-0.3, -0.25) is 24.5 Å². The minimum Gasteiger partial charge on any atom is -0.455 e. The van der Waals surface area contributed by atoms with E-state index in [9.17, 15) is 19.2 Å². The van der Waals surface area contributed by atoms with Gasteiger partial charge in [-0.2, -0.15) is 0 Å². The smallest absolute Gasteiger partial charge is 0.312 e. The van der Waals surface area contributed by atoms with E-state index in [4.69, 9.17) is 4.74 Å². The molecule has 0 spiro atoms. The van der Waals surface area contributed by atoms with Gasteiger partial charge in [0.1, 0.15) is 0 Å². The maximum Gasteiger partial charge on any atom is 0.312 e. The molecule has 4 aliphatic rings. The minimum absolute atomic E-state index is 0.0724. The minimum atomic E-state index is -0.638. The molecule has 1 aromatic carbocycles. The fourth-order valence-electron chi connectivity index (χ4n) is 6.32. The highest BCUT2D eigenvalue weighted by Crippen LogP contribution is 2.62. The third kappa shape index (κ3) is 4.25. The zero-order valence-electron chi connectivity index (χ0n) is 17.2. The van der Waals surface area contributed by atoms with Gasteiger partial charge in [0.25, 0.3) is 5.91 Å². The lowest BCUT2D eigenvalue weighted by Crippen LogP contribution is -2.64. The summed E-state index contributed by atoms with van der Waals surface area (Å²) in [6.07, 6.45) is 5.06. The number of carbonyl (C=O) groups is 4. The summed E-state index contributed by atoms with van der Waals surface area (Å²) in [7, 11) is 0. The number of ether oxygens (including phenoxy) is 1. The van der Waals surface area contributed by atoms with E-state index >= 15 is 0 Å². The van der Waals surface area contributed by atoms with Gasteiger partial charge in [-0.1, -0.05) is 30.3 Å². The summed E-state index contributed by atoms with van der Waals surface area (Å²) in [6.45, 7) is 1.05. The van der Waals surface area contributed by atoms with Crippen molar-refractivity contribution in [1.82, 2.24) is 10.6 Å². The molecule has 4 saturated carbocycles. The normalized spacial score (nSPS) is 31.1. The quantitative estimate of drug-likeness (QED) is 0.695. The zero-order chi connectivity index (χ0) is 21.4. The van der Waals surface area contributed by atoms with Crippen LogP contribution in [0.25, 0.3) is 0 Å². The first-order chi connectivity index (χ1) is 14.3. The fourth-order valence-corrected chi connectivity index (χ4v) is 6.32. The van der Waals surface area contributed by atoms with Crippen molar-refractivity contribution < 1.29 is 23.9 Å². The molecule has 2 N–H and O–H groups in total. The lowest BCUT2D eigenvalue weighted by Gasteiger charge is -2.60. The van der Waals surface area contributed by atoms with Crippen LogP contribution in [0.1, 0.15) is 51.0 Å². The topological polar surface area (TPSA) is 102 Å². The highest BCUT2D eigenvalue weighted by molar-refractivity contribution is 5.97. The Labute approximate surface area is 175 Å². The van der Waals surface area contributed by atoms with E-state index in [2.05, 4.69) is 10.6 Å². The lowest BCUT2D eigenvalue weighted by atomic mass is 9.47. The Morgan fingerprint density at radius 1 is 1.00 bits per heavy atom. The average Bonchev–Trinajstić information content (AvgIpc) is 2.64. The first-order valence-electron chi connectivity index (χ1n) is 10.6. The number of amides is 3. The van der Waals surface area contributed by atoms with Crippen molar-refractivity contribution >= 4 is 23.7 Å². The molecule has 0 aromatic heterocycles. The third-order valence-corrected chi connectivity index (χ3v) is 6.76. The van der Waals surface area contributed by atoms with Crippen LogP contribution in [0.3, 0.4) is 0 Å². The molecule has 7 nitrogen and oxygen atoms in total. The van der Waals surface area contributed by atoms with Gasteiger partial charge >= 0.3 is 5.97 Å². The number of carbonyl (C=O) groups excluding carboxylic acids is 4. The molecule has 7 heteroatoms. The number of benzene rings is 1. The first-order valence-corrected chi connectivity index (χ1v) is 10.6. The predicted molar refractivity (Wildman–Crippen MR) is 108 cm³/mol. The second kappa shape index (κ2) is 7.85. The summed E-state index contributed by atoms with van der Waals surface area (Å²) in [5.41, 5.74) is -0.166. The van der Waals surface area contributed by atoms with Gasteiger partial charge in [0.2, 0.25) is 11.8 Å². The van der Waals surface area contributed by atoms with Crippen LogP contribution in [0, 0.1) is 17.3 Å². The summed E-state index contributed by atoms with van der Waals surface area (Å²) < 4.78 is 5.37. The average molecular weight is 412 g/mol. The van der Waals surface area contributed by atoms with Crippen LogP contribution in [0.5, 0.6) is 0 Å². The lowest BCUT2D eigenvalue weighted by molar-refractivity contribution is -0.177. The van der Waals surface area contributed by atoms with E-state index < -0.39 is 23.8 Å². The van der Waals surface area contributed by atoms with Crippen LogP contribution < -0.4 is 10.6 Å². The summed E-state index contributed by atoms with van der Waals surface area (Å²) >= 11 is 0. The molecule has 0 radical (unpaired) electrons. The fraction of sp³-hybridized carbons (Fsp3) is 0.565. The third-order valence-electron chi connectivity index (χ3n) is 6.76. The molecule has 3 amide bonds. The summed E-state index contributed by atoms with van der Waals surface area (Å²) in [5, 5.41) is 5.39. The Morgan fingerprint density at radius 3 is 2.30 bits per heavy atom. The largest absolute Gasteiger partial charge is 0.455 e. The van der Waals surface area contributed by atoms with Crippen molar-refractivity contribution in [1.29, 1.82) is 0 Å². The number of esters is 1. The van der Waals surface area contributed by atoms with Crippen LogP contribution >= 0.6 is 0 Å². The predicted octanol–water partition coefficient (Wildman–Crippen LogP) is 1.89. The van der Waals surface area contributed by atoms with Crippen molar-refractivity contribution in [2.45, 2.75) is 57.4 Å². The van der Waals surface area contributed by atoms with Gasteiger partial charge in [-0.25, -0.2) is 0 Å². The van der Waals surface area contributed by atoms with Crippen molar-refractivity contribution in [2.24, 2.45) is 17.3 Å². The molecule has 0 heterocycles. The second-order valence-corrected chi connectivity index (χ2v) is 9.41. The van der Waals surface area contributed by atoms with Crippen LogP contribution in [-0.2, 0) is 30.3 Å². The Morgan fingerprint density at radius 2 is 1.67 bits per heavy atom. The molecule has 4 fully saturated rings.